The third-order valence-corrected chi connectivity index (χ3v) is 5.00. The molecule has 1 N–H and O–H groups in total. The zero-order valence-electron chi connectivity index (χ0n) is 12.6. The van der Waals surface area contributed by atoms with Gasteiger partial charge in [-0.25, -0.2) is 13.1 Å². The minimum atomic E-state index is -3.58. The Kier molecular flexibility index (Phi) is 4.47. The Morgan fingerprint density at radius 3 is 2.48 bits per heavy atom. The van der Waals surface area contributed by atoms with E-state index in [0.29, 0.717) is 5.76 Å². The number of rotatable bonds is 6. The highest BCUT2D eigenvalue weighted by Crippen LogP contribution is 2.25. The Hall–Kier alpha value is -2.15. The van der Waals surface area contributed by atoms with Crippen LogP contribution in [0.2, 0.25) is 0 Å². The van der Waals surface area contributed by atoms with E-state index in [2.05, 4.69) is 4.72 Å². The molecule has 0 aliphatic heterocycles. The van der Waals surface area contributed by atoms with E-state index in [0.717, 1.165) is 11.0 Å². The van der Waals surface area contributed by atoms with Gasteiger partial charge in [-0.1, -0.05) is 36.4 Å². The maximum absolute atomic E-state index is 12.3. The molecular formula is C17H17NO4S. The Bertz CT molecular complexity index is 854. The van der Waals surface area contributed by atoms with Crippen LogP contribution in [0.1, 0.15) is 11.9 Å². The number of methoxy groups -OCH3 is 1. The predicted octanol–water partition coefficient (Wildman–Crippen LogP) is 3.10. The van der Waals surface area contributed by atoms with Crippen LogP contribution in [-0.2, 0) is 14.8 Å². The first-order valence-corrected chi connectivity index (χ1v) is 8.64. The molecule has 0 saturated heterocycles. The number of para-hydroxylation sites is 1. The normalized spacial score (nSPS) is 13.3. The van der Waals surface area contributed by atoms with Crippen molar-refractivity contribution in [1.82, 2.24) is 4.72 Å². The molecule has 23 heavy (non-hydrogen) atoms. The van der Waals surface area contributed by atoms with E-state index in [-0.39, 0.29) is 11.4 Å². The molecule has 1 heterocycles. The smallest absolute Gasteiger partial charge is 0.240 e. The summed E-state index contributed by atoms with van der Waals surface area (Å²) in [5.41, 5.74) is 0.746. The molecule has 1 atom stereocenters. The lowest BCUT2D eigenvalue weighted by atomic mass is 10.2. The SMILES string of the molecule is CO[C@H](CNS(=O)(=O)c1ccccc1)c1cc2ccccc2o1. The third kappa shape index (κ3) is 3.44. The van der Waals surface area contributed by atoms with Gasteiger partial charge in [0.05, 0.1) is 4.90 Å². The Morgan fingerprint density at radius 1 is 1.09 bits per heavy atom. The highest BCUT2D eigenvalue weighted by molar-refractivity contribution is 7.89. The van der Waals surface area contributed by atoms with E-state index in [1.165, 1.54) is 7.11 Å². The van der Waals surface area contributed by atoms with Gasteiger partial charge in [0.15, 0.2) is 0 Å². The fourth-order valence-corrected chi connectivity index (χ4v) is 3.38. The molecule has 0 bridgehead atoms. The first-order chi connectivity index (χ1) is 11.1. The minimum absolute atomic E-state index is 0.0908. The first kappa shape index (κ1) is 15.7. The van der Waals surface area contributed by atoms with Gasteiger partial charge in [-0.3, -0.25) is 0 Å². The van der Waals surface area contributed by atoms with Crippen molar-refractivity contribution < 1.29 is 17.6 Å². The van der Waals surface area contributed by atoms with Crippen molar-refractivity contribution in [1.29, 1.82) is 0 Å². The quantitative estimate of drug-likeness (QED) is 0.753. The number of nitrogens with one attached hydrogen (secondary N) is 1. The third-order valence-electron chi connectivity index (χ3n) is 3.56. The molecule has 3 rings (SSSR count). The second kappa shape index (κ2) is 6.54. The molecule has 0 radical (unpaired) electrons. The zero-order valence-corrected chi connectivity index (χ0v) is 13.4. The number of fused-ring (bicyclic) bond motifs is 1. The number of benzene rings is 2. The van der Waals surface area contributed by atoms with Crippen LogP contribution in [0, 0.1) is 0 Å². The molecule has 0 aliphatic carbocycles. The lowest BCUT2D eigenvalue weighted by Gasteiger charge is -2.14. The van der Waals surface area contributed by atoms with Gasteiger partial charge in [0, 0.05) is 19.0 Å². The van der Waals surface area contributed by atoms with E-state index in [1.54, 1.807) is 30.3 Å². The average molecular weight is 331 g/mol. The summed E-state index contributed by atoms with van der Waals surface area (Å²) in [5.74, 6) is 0.587. The summed E-state index contributed by atoms with van der Waals surface area (Å²) in [6.07, 6.45) is -0.499. The Balaban J connectivity index is 1.77. The molecule has 6 heteroatoms. The van der Waals surface area contributed by atoms with Gasteiger partial charge in [0.2, 0.25) is 10.0 Å². The Morgan fingerprint density at radius 2 is 1.78 bits per heavy atom. The van der Waals surface area contributed by atoms with Crippen LogP contribution < -0.4 is 4.72 Å². The number of sulfonamides is 1. The van der Waals surface area contributed by atoms with Crippen LogP contribution in [0.5, 0.6) is 0 Å². The summed E-state index contributed by atoms with van der Waals surface area (Å²) in [5, 5.41) is 0.954. The van der Waals surface area contributed by atoms with E-state index >= 15 is 0 Å². The predicted molar refractivity (Wildman–Crippen MR) is 87.6 cm³/mol. The van der Waals surface area contributed by atoms with Crippen LogP contribution in [-0.4, -0.2) is 22.1 Å². The first-order valence-electron chi connectivity index (χ1n) is 7.16. The van der Waals surface area contributed by atoms with Crippen molar-refractivity contribution in [2.45, 2.75) is 11.0 Å². The van der Waals surface area contributed by atoms with Gasteiger partial charge < -0.3 is 9.15 Å². The number of ether oxygens (including phenoxy) is 1. The summed E-state index contributed by atoms with van der Waals surface area (Å²) < 4.78 is 38.2. The number of hydrogen-bond donors (Lipinski definition) is 1. The number of hydrogen-bond acceptors (Lipinski definition) is 4. The monoisotopic (exact) mass is 331 g/mol. The molecular weight excluding hydrogens is 314 g/mol. The second-order valence-electron chi connectivity index (χ2n) is 5.08. The van der Waals surface area contributed by atoms with Gasteiger partial charge in [-0.2, -0.15) is 0 Å². The van der Waals surface area contributed by atoms with Gasteiger partial charge in [0.1, 0.15) is 17.4 Å². The fraction of sp³-hybridized carbons (Fsp3) is 0.176. The minimum Gasteiger partial charge on any atom is -0.458 e. The lowest BCUT2D eigenvalue weighted by molar-refractivity contribution is 0.0893. The highest BCUT2D eigenvalue weighted by atomic mass is 32.2. The van der Waals surface area contributed by atoms with Crippen molar-refractivity contribution >= 4 is 21.0 Å². The van der Waals surface area contributed by atoms with Crippen LogP contribution >= 0.6 is 0 Å². The highest BCUT2D eigenvalue weighted by Gasteiger charge is 2.20. The maximum atomic E-state index is 12.3. The van der Waals surface area contributed by atoms with E-state index in [4.69, 9.17) is 9.15 Å². The summed E-state index contributed by atoms with van der Waals surface area (Å²) in [7, 11) is -2.05. The van der Waals surface area contributed by atoms with Crippen LogP contribution in [0.15, 0.2) is 70.0 Å². The zero-order chi connectivity index (χ0) is 16.3. The lowest BCUT2D eigenvalue weighted by Crippen LogP contribution is -2.29. The van der Waals surface area contributed by atoms with Crippen molar-refractivity contribution in [2.75, 3.05) is 13.7 Å². The van der Waals surface area contributed by atoms with Gasteiger partial charge in [0.25, 0.3) is 0 Å². The van der Waals surface area contributed by atoms with Gasteiger partial charge in [-0.15, -0.1) is 0 Å². The van der Waals surface area contributed by atoms with Crippen molar-refractivity contribution in [3.8, 4) is 0 Å². The Labute approximate surface area is 134 Å². The molecule has 0 saturated carbocycles. The molecule has 3 aromatic rings. The summed E-state index contributed by atoms with van der Waals surface area (Å²) in [6.45, 7) is 0.0908. The molecule has 0 amide bonds. The topological polar surface area (TPSA) is 68.5 Å². The van der Waals surface area contributed by atoms with Crippen molar-refractivity contribution in [2.24, 2.45) is 0 Å². The summed E-state index contributed by atoms with van der Waals surface area (Å²) >= 11 is 0. The van der Waals surface area contributed by atoms with Crippen molar-refractivity contribution in [3.63, 3.8) is 0 Å². The molecule has 0 unspecified atom stereocenters. The second-order valence-corrected chi connectivity index (χ2v) is 6.84. The molecule has 0 spiro atoms. The van der Waals surface area contributed by atoms with E-state index in [9.17, 15) is 8.42 Å². The molecule has 5 nitrogen and oxygen atoms in total. The van der Waals surface area contributed by atoms with Crippen LogP contribution in [0.25, 0.3) is 11.0 Å². The van der Waals surface area contributed by atoms with Gasteiger partial charge >= 0.3 is 0 Å². The number of furan rings is 1. The largest absolute Gasteiger partial charge is 0.458 e. The molecule has 0 aliphatic rings. The summed E-state index contributed by atoms with van der Waals surface area (Å²) in [4.78, 5) is 0.222. The van der Waals surface area contributed by atoms with Crippen LogP contribution in [0.4, 0.5) is 0 Å². The van der Waals surface area contributed by atoms with Crippen LogP contribution in [0.3, 0.4) is 0 Å². The standard InChI is InChI=1S/C17H17NO4S/c1-21-17(16-11-13-7-5-6-10-15(13)22-16)12-18-23(19,20)14-8-3-2-4-9-14/h2-11,17-18H,12H2,1H3/t17-/m1/s1. The van der Waals surface area contributed by atoms with E-state index < -0.39 is 16.1 Å². The molecule has 0 fully saturated rings. The summed E-state index contributed by atoms with van der Waals surface area (Å²) in [6, 6.07) is 17.7. The maximum Gasteiger partial charge on any atom is 0.240 e. The molecule has 1 aromatic heterocycles. The van der Waals surface area contributed by atoms with Gasteiger partial charge in [-0.05, 0) is 24.3 Å². The average Bonchev–Trinajstić information content (AvgIpc) is 3.00. The van der Waals surface area contributed by atoms with Crippen molar-refractivity contribution in [3.05, 3.63) is 66.4 Å². The molecule has 2 aromatic carbocycles. The molecule has 120 valence electrons. The van der Waals surface area contributed by atoms with E-state index in [1.807, 2.05) is 30.3 Å². The fourth-order valence-electron chi connectivity index (χ4n) is 2.33.